The number of aryl methyl sites for hydroxylation is 1. The molecule has 0 aliphatic carbocycles. The van der Waals surface area contributed by atoms with Crippen LogP contribution in [-0.4, -0.2) is 14.6 Å². The predicted molar refractivity (Wildman–Crippen MR) is 73.1 cm³/mol. The van der Waals surface area contributed by atoms with E-state index in [9.17, 15) is 0 Å². The number of nitrogens with zero attached hydrogens (tertiary/aromatic N) is 2. The molecular weight excluding hydrogens is 250 g/mol. The molecule has 0 saturated heterocycles. The van der Waals surface area contributed by atoms with E-state index in [0.29, 0.717) is 0 Å². The van der Waals surface area contributed by atoms with Crippen molar-refractivity contribution in [2.24, 2.45) is 0 Å². The summed E-state index contributed by atoms with van der Waals surface area (Å²) in [5.41, 5.74) is 2.98. The molecule has 0 unspecified atom stereocenters. The van der Waals surface area contributed by atoms with Crippen LogP contribution in [0.15, 0.2) is 29.6 Å². The van der Waals surface area contributed by atoms with Crippen LogP contribution >= 0.6 is 23.6 Å². The van der Waals surface area contributed by atoms with E-state index in [0.717, 1.165) is 28.1 Å². The first-order valence-electron chi connectivity index (χ1n) is 5.43. The lowest BCUT2D eigenvalue weighted by atomic mass is 10.3. The molecule has 3 nitrogen and oxygen atoms in total. The summed E-state index contributed by atoms with van der Waals surface area (Å²) in [5.74, 6) is 0. The SMILES string of the molecule is CCc1cc(=S)n2[nH]c(-c3cccs3)cc2n1. The number of hydrogen-bond donors (Lipinski definition) is 1. The van der Waals surface area contributed by atoms with Gasteiger partial charge in [-0.15, -0.1) is 11.3 Å². The zero-order chi connectivity index (χ0) is 11.8. The lowest BCUT2D eigenvalue weighted by molar-refractivity contribution is 0.902. The van der Waals surface area contributed by atoms with Crippen LogP contribution in [-0.2, 0) is 6.42 Å². The van der Waals surface area contributed by atoms with Gasteiger partial charge >= 0.3 is 0 Å². The molecule has 5 heteroatoms. The minimum absolute atomic E-state index is 0.773. The van der Waals surface area contributed by atoms with Gasteiger partial charge in [0.2, 0.25) is 0 Å². The Kier molecular flexibility index (Phi) is 2.57. The van der Waals surface area contributed by atoms with Gasteiger partial charge in [0, 0.05) is 11.8 Å². The number of rotatable bonds is 2. The zero-order valence-electron chi connectivity index (χ0n) is 9.30. The first-order chi connectivity index (χ1) is 8.28. The van der Waals surface area contributed by atoms with Crippen molar-refractivity contribution in [2.45, 2.75) is 13.3 Å². The van der Waals surface area contributed by atoms with Gasteiger partial charge in [-0.2, -0.15) is 0 Å². The number of aromatic nitrogens is 3. The van der Waals surface area contributed by atoms with Crippen molar-refractivity contribution in [3.8, 4) is 10.6 Å². The van der Waals surface area contributed by atoms with Crippen molar-refractivity contribution >= 4 is 29.2 Å². The Balaban J connectivity index is 2.26. The molecule has 0 aromatic carbocycles. The molecule has 0 spiro atoms. The predicted octanol–water partition coefficient (Wildman–Crippen LogP) is 3.68. The van der Waals surface area contributed by atoms with E-state index in [1.165, 1.54) is 4.88 Å². The fourth-order valence-electron chi connectivity index (χ4n) is 1.78. The number of H-pyrrole nitrogens is 1. The summed E-state index contributed by atoms with van der Waals surface area (Å²) < 4.78 is 2.62. The fourth-order valence-corrected chi connectivity index (χ4v) is 2.75. The lowest BCUT2D eigenvalue weighted by Gasteiger charge is -1.97. The molecule has 0 radical (unpaired) electrons. The van der Waals surface area contributed by atoms with E-state index in [-0.39, 0.29) is 0 Å². The average Bonchev–Trinajstić information content (AvgIpc) is 2.96. The van der Waals surface area contributed by atoms with Gasteiger partial charge in [-0.1, -0.05) is 25.2 Å². The van der Waals surface area contributed by atoms with Gasteiger partial charge in [0.15, 0.2) is 5.65 Å². The topological polar surface area (TPSA) is 33.1 Å². The molecule has 0 amide bonds. The molecule has 0 saturated carbocycles. The fraction of sp³-hybridized carbons (Fsp3) is 0.167. The van der Waals surface area contributed by atoms with Crippen molar-refractivity contribution in [2.75, 3.05) is 0 Å². The van der Waals surface area contributed by atoms with Crippen LogP contribution in [0.3, 0.4) is 0 Å². The third-order valence-corrected chi connectivity index (χ3v) is 3.86. The van der Waals surface area contributed by atoms with Crippen molar-refractivity contribution in [1.29, 1.82) is 0 Å². The first kappa shape index (κ1) is 10.7. The number of fused-ring (bicyclic) bond motifs is 1. The highest BCUT2D eigenvalue weighted by atomic mass is 32.1. The minimum atomic E-state index is 0.773. The molecule has 17 heavy (non-hydrogen) atoms. The van der Waals surface area contributed by atoms with Gasteiger partial charge in [0.25, 0.3) is 0 Å². The monoisotopic (exact) mass is 261 g/mol. The summed E-state index contributed by atoms with van der Waals surface area (Å²) in [4.78, 5) is 5.75. The normalized spacial score (nSPS) is 11.1. The maximum absolute atomic E-state index is 5.35. The largest absolute Gasteiger partial charge is 0.290 e. The van der Waals surface area contributed by atoms with Crippen LogP contribution in [0.5, 0.6) is 0 Å². The van der Waals surface area contributed by atoms with Gasteiger partial charge in [0.1, 0.15) is 4.64 Å². The number of thiophene rings is 1. The molecule has 0 bridgehead atoms. The Labute approximate surface area is 108 Å². The van der Waals surface area contributed by atoms with Gasteiger partial charge in [-0.05, 0) is 23.9 Å². The zero-order valence-corrected chi connectivity index (χ0v) is 10.9. The third kappa shape index (κ3) is 1.81. The van der Waals surface area contributed by atoms with E-state index in [2.05, 4.69) is 28.5 Å². The third-order valence-electron chi connectivity index (χ3n) is 2.65. The number of hydrogen-bond acceptors (Lipinski definition) is 3. The van der Waals surface area contributed by atoms with Gasteiger partial charge in [0.05, 0.1) is 10.6 Å². The highest BCUT2D eigenvalue weighted by Gasteiger charge is 2.06. The average molecular weight is 261 g/mol. The highest BCUT2D eigenvalue weighted by molar-refractivity contribution is 7.71. The maximum Gasteiger partial charge on any atom is 0.155 e. The summed E-state index contributed by atoms with van der Waals surface area (Å²) in [7, 11) is 0. The smallest absolute Gasteiger partial charge is 0.155 e. The Morgan fingerprint density at radius 3 is 3.06 bits per heavy atom. The van der Waals surface area contributed by atoms with E-state index in [1.807, 2.05) is 22.7 Å². The molecule has 0 aliphatic rings. The van der Waals surface area contributed by atoms with Gasteiger partial charge in [-0.3, -0.25) is 5.10 Å². The summed E-state index contributed by atoms with van der Waals surface area (Å²) in [6.07, 6.45) is 0.902. The van der Waals surface area contributed by atoms with Crippen molar-refractivity contribution in [1.82, 2.24) is 14.6 Å². The molecule has 0 fully saturated rings. The second kappa shape index (κ2) is 4.09. The molecule has 86 valence electrons. The number of aromatic amines is 1. The van der Waals surface area contributed by atoms with E-state index in [4.69, 9.17) is 12.2 Å². The maximum atomic E-state index is 5.35. The van der Waals surface area contributed by atoms with Crippen LogP contribution in [0, 0.1) is 4.64 Å². The Morgan fingerprint density at radius 1 is 1.47 bits per heavy atom. The van der Waals surface area contributed by atoms with Gasteiger partial charge < -0.3 is 0 Å². The standard InChI is InChI=1S/C12H11N3S2/c1-2-8-6-12(16)15-11(13-8)7-9(14-15)10-4-3-5-17-10/h3-7,14H,2H2,1H3. The molecule has 0 aliphatic heterocycles. The lowest BCUT2D eigenvalue weighted by Crippen LogP contribution is -1.95. The first-order valence-corrected chi connectivity index (χ1v) is 6.72. The molecule has 3 aromatic rings. The second-order valence-electron chi connectivity index (χ2n) is 3.78. The molecule has 3 aromatic heterocycles. The van der Waals surface area contributed by atoms with E-state index in [1.54, 1.807) is 11.3 Å². The quantitative estimate of drug-likeness (QED) is 0.714. The summed E-state index contributed by atoms with van der Waals surface area (Å²) >= 11 is 7.05. The van der Waals surface area contributed by atoms with Crippen LogP contribution in [0.1, 0.15) is 12.6 Å². The van der Waals surface area contributed by atoms with Crippen molar-refractivity contribution < 1.29 is 0 Å². The van der Waals surface area contributed by atoms with Crippen LogP contribution in [0.4, 0.5) is 0 Å². The van der Waals surface area contributed by atoms with Crippen LogP contribution in [0.2, 0.25) is 0 Å². The molecule has 0 atom stereocenters. The molecule has 1 N–H and O–H groups in total. The number of nitrogens with one attached hydrogen (secondary N) is 1. The Morgan fingerprint density at radius 2 is 2.35 bits per heavy atom. The minimum Gasteiger partial charge on any atom is -0.290 e. The summed E-state index contributed by atoms with van der Waals surface area (Å²) in [6.45, 7) is 2.08. The molecule has 3 rings (SSSR count). The Hall–Kier alpha value is -1.46. The van der Waals surface area contributed by atoms with E-state index < -0.39 is 0 Å². The van der Waals surface area contributed by atoms with Crippen LogP contribution in [0.25, 0.3) is 16.2 Å². The molecular formula is C12H11N3S2. The van der Waals surface area contributed by atoms with Crippen LogP contribution < -0.4 is 0 Å². The Bertz CT molecular complexity index is 707. The van der Waals surface area contributed by atoms with E-state index >= 15 is 0 Å². The van der Waals surface area contributed by atoms with Gasteiger partial charge in [-0.25, -0.2) is 9.50 Å². The summed E-state index contributed by atoms with van der Waals surface area (Å²) in [6, 6.07) is 8.10. The van der Waals surface area contributed by atoms with Crippen molar-refractivity contribution in [3.05, 3.63) is 40.0 Å². The molecule has 3 heterocycles. The van der Waals surface area contributed by atoms with Crippen molar-refractivity contribution in [3.63, 3.8) is 0 Å². The second-order valence-corrected chi connectivity index (χ2v) is 5.15. The highest BCUT2D eigenvalue weighted by Crippen LogP contribution is 2.24. The summed E-state index contributed by atoms with van der Waals surface area (Å²) in [5, 5.41) is 5.34.